The fraction of sp³-hybridized carbons (Fsp3) is 0.455. The number of Topliss-reactive ketones (excluding diaryl/α,β-unsaturated/α-hetero) is 1. The van der Waals surface area contributed by atoms with Crippen LogP contribution in [-0.4, -0.2) is 18.4 Å². The van der Waals surface area contributed by atoms with Crippen LogP contribution in [0.4, 0.5) is 0 Å². The van der Waals surface area contributed by atoms with E-state index in [1.165, 1.54) is 0 Å². The summed E-state index contributed by atoms with van der Waals surface area (Å²) < 4.78 is 4.80. The van der Waals surface area contributed by atoms with Crippen LogP contribution < -0.4 is 5.73 Å². The highest BCUT2D eigenvalue weighted by Gasteiger charge is 2.22. The Morgan fingerprint density at radius 1 is 1.53 bits per heavy atom. The lowest BCUT2D eigenvalue weighted by Crippen LogP contribution is -2.19. The molecule has 0 aliphatic heterocycles. The van der Waals surface area contributed by atoms with Crippen LogP contribution in [-0.2, 0) is 14.3 Å². The van der Waals surface area contributed by atoms with Crippen molar-refractivity contribution in [1.29, 1.82) is 0 Å². The predicted octanol–water partition coefficient (Wildman–Crippen LogP) is 1.07. The SMILES string of the molecule is C=C(C(=O)OCC)C1=C(N)CCC(=O)C1. The van der Waals surface area contributed by atoms with Crippen molar-refractivity contribution in [3.05, 3.63) is 23.4 Å². The van der Waals surface area contributed by atoms with Crippen LogP contribution in [0.3, 0.4) is 0 Å². The van der Waals surface area contributed by atoms with E-state index in [4.69, 9.17) is 10.5 Å². The minimum Gasteiger partial charge on any atom is -0.462 e. The molecule has 0 aromatic heterocycles. The first-order valence-electron chi connectivity index (χ1n) is 4.91. The standard InChI is InChI=1S/C11H15NO3/c1-3-15-11(14)7(2)9-6-8(13)4-5-10(9)12/h2-6,12H2,1H3. The third-order valence-electron chi connectivity index (χ3n) is 2.32. The molecule has 1 rings (SSSR count). The highest BCUT2D eigenvalue weighted by atomic mass is 16.5. The Bertz CT molecular complexity index is 342. The van der Waals surface area contributed by atoms with Crippen LogP contribution in [0.25, 0.3) is 0 Å². The monoisotopic (exact) mass is 209 g/mol. The van der Waals surface area contributed by atoms with E-state index < -0.39 is 5.97 Å². The first kappa shape index (κ1) is 11.5. The van der Waals surface area contributed by atoms with Crippen molar-refractivity contribution in [2.45, 2.75) is 26.2 Å². The van der Waals surface area contributed by atoms with Gasteiger partial charge in [0.05, 0.1) is 12.2 Å². The van der Waals surface area contributed by atoms with Gasteiger partial charge in [0.2, 0.25) is 0 Å². The molecule has 4 nitrogen and oxygen atoms in total. The van der Waals surface area contributed by atoms with E-state index in [0.29, 0.717) is 30.7 Å². The number of hydrogen-bond donors (Lipinski definition) is 1. The molecular formula is C11H15NO3. The number of ketones is 1. The number of allylic oxidation sites excluding steroid dienone is 1. The zero-order valence-corrected chi connectivity index (χ0v) is 8.84. The molecule has 4 heteroatoms. The van der Waals surface area contributed by atoms with Crippen molar-refractivity contribution >= 4 is 11.8 Å². The number of esters is 1. The van der Waals surface area contributed by atoms with E-state index in [1.54, 1.807) is 6.92 Å². The molecule has 0 spiro atoms. The van der Waals surface area contributed by atoms with Crippen molar-refractivity contribution < 1.29 is 14.3 Å². The van der Waals surface area contributed by atoms with Gasteiger partial charge in [-0.15, -0.1) is 0 Å². The maximum absolute atomic E-state index is 11.4. The normalized spacial score (nSPS) is 16.5. The van der Waals surface area contributed by atoms with Gasteiger partial charge in [-0.25, -0.2) is 4.79 Å². The van der Waals surface area contributed by atoms with Crippen molar-refractivity contribution in [2.75, 3.05) is 6.61 Å². The summed E-state index contributed by atoms with van der Waals surface area (Å²) in [6.07, 6.45) is 1.15. The number of carbonyl (C=O) groups excluding carboxylic acids is 2. The second-order valence-corrected chi connectivity index (χ2v) is 3.42. The van der Waals surface area contributed by atoms with Gasteiger partial charge in [0.15, 0.2) is 0 Å². The molecule has 0 heterocycles. The fourth-order valence-corrected chi connectivity index (χ4v) is 1.47. The van der Waals surface area contributed by atoms with Crippen LogP contribution in [0.15, 0.2) is 23.4 Å². The molecule has 1 aliphatic carbocycles. The van der Waals surface area contributed by atoms with E-state index in [0.717, 1.165) is 0 Å². The molecule has 0 fully saturated rings. The molecule has 2 N–H and O–H groups in total. The van der Waals surface area contributed by atoms with E-state index >= 15 is 0 Å². The average molecular weight is 209 g/mol. The van der Waals surface area contributed by atoms with Gasteiger partial charge in [0.1, 0.15) is 5.78 Å². The minimum atomic E-state index is -0.495. The van der Waals surface area contributed by atoms with Gasteiger partial charge < -0.3 is 10.5 Å². The maximum Gasteiger partial charge on any atom is 0.337 e. The summed E-state index contributed by atoms with van der Waals surface area (Å²) >= 11 is 0. The number of hydrogen-bond acceptors (Lipinski definition) is 4. The van der Waals surface area contributed by atoms with Crippen LogP contribution in [0.5, 0.6) is 0 Å². The minimum absolute atomic E-state index is 0.0876. The molecular weight excluding hydrogens is 194 g/mol. The first-order chi connectivity index (χ1) is 7.06. The Kier molecular flexibility index (Phi) is 3.66. The summed E-state index contributed by atoms with van der Waals surface area (Å²) in [5.74, 6) is -0.408. The Morgan fingerprint density at radius 2 is 2.20 bits per heavy atom. The molecule has 0 bridgehead atoms. The second kappa shape index (κ2) is 4.77. The van der Waals surface area contributed by atoms with Crippen LogP contribution >= 0.6 is 0 Å². The third kappa shape index (κ3) is 2.68. The largest absolute Gasteiger partial charge is 0.462 e. The number of ether oxygens (including phenoxy) is 1. The summed E-state index contributed by atoms with van der Waals surface area (Å²) in [6.45, 7) is 5.62. The zero-order valence-electron chi connectivity index (χ0n) is 8.84. The Labute approximate surface area is 88.8 Å². The van der Waals surface area contributed by atoms with Gasteiger partial charge >= 0.3 is 5.97 Å². The molecule has 0 saturated carbocycles. The lowest BCUT2D eigenvalue weighted by atomic mass is 9.91. The summed E-state index contributed by atoms with van der Waals surface area (Å²) in [5.41, 5.74) is 7.07. The van der Waals surface area contributed by atoms with Crippen molar-refractivity contribution in [1.82, 2.24) is 0 Å². The zero-order chi connectivity index (χ0) is 11.4. The molecule has 1 aliphatic rings. The summed E-state index contributed by atoms with van der Waals surface area (Å²) in [5, 5.41) is 0. The van der Waals surface area contributed by atoms with Crippen molar-refractivity contribution in [3.8, 4) is 0 Å². The fourth-order valence-electron chi connectivity index (χ4n) is 1.47. The lowest BCUT2D eigenvalue weighted by molar-refractivity contribution is -0.138. The Balaban J connectivity index is 2.82. The smallest absolute Gasteiger partial charge is 0.337 e. The Hall–Kier alpha value is -1.58. The van der Waals surface area contributed by atoms with Gasteiger partial charge in [0.25, 0.3) is 0 Å². The Morgan fingerprint density at radius 3 is 2.80 bits per heavy atom. The number of rotatable bonds is 3. The molecule has 0 saturated heterocycles. The average Bonchev–Trinajstić information content (AvgIpc) is 2.21. The van der Waals surface area contributed by atoms with Crippen LogP contribution in [0.1, 0.15) is 26.2 Å². The van der Waals surface area contributed by atoms with E-state index in [2.05, 4.69) is 6.58 Å². The quantitative estimate of drug-likeness (QED) is 0.557. The molecule has 0 amide bonds. The molecule has 0 unspecified atom stereocenters. The second-order valence-electron chi connectivity index (χ2n) is 3.42. The molecule has 15 heavy (non-hydrogen) atoms. The highest BCUT2D eigenvalue weighted by molar-refractivity contribution is 5.96. The lowest BCUT2D eigenvalue weighted by Gasteiger charge is -2.17. The van der Waals surface area contributed by atoms with Crippen molar-refractivity contribution in [2.24, 2.45) is 5.73 Å². The van der Waals surface area contributed by atoms with Gasteiger partial charge in [-0.2, -0.15) is 0 Å². The predicted molar refractivity (Wildman–Crippen MR) is 55.8 cm³/mol. The van der Waals surface area contributed by atoms with Gasteiger partial charge in [-0.05, 0) is 18.9 Å². The molecule has 0 aromatic rings. The van der Waals surface area contributed by atoms with Gasteiger partial charge in [-0.3, -0.25) is 4.79 Å². The summed E-state index contributed by atoms with van der Waals surface area (Å²) in [7, 11) is 0. The van der Waals surface area contributed by atoms with Crippen LogP contribution in [0.2, 0.25) is 0 Å². The number of carbonyl (C=O) groups is 2. The van der Waals surface area contributed by atoms with Gasteiger partial charge in [0, 0.05) is 18.5 Å². The van der Waals surface area contributed by atoms with E-state index in [1.807, 2.05) is 0 Å². The first-order valence-corrected chi connectivity index (χ1v) is 4.91. The maximum atomic E-state index is 11.4. The third-order valence-corrected chi connectivity index (χ3v) is 2.32. The molecule has 0 atom stereocenters. The highest BCUT2D eigenvalue weighted by Crippen LogP contribution is 2.24. The van der Waals surface area contributed by atoms with E-state index in [9.17, 15) is 9.59 Å². The topological polar surface area (TPSA) is 69.4 Å². The molecule has 0 aromatic carbocycles. The molecule has 82 valence electrons. The summed E-state index contributed by atoms with van der Waals surface area (Å²) in [4.78, 5) is 22.6. The van der Waals surface area contributed by atoms with Gasteiger partial charge in [-0.1, -0.05) is 6.58 Å². The van der Waals surface area contributed by atoms with Crippen molar-refractivity contribution in [3.63, 3.8) is 0 Å². The molecule has 0 radical (unpaired) electrons. The summed E-state index contributed by atoms with van der Waals surface area (Å²) in [6, 6.07) is 0. The van der Waals surface area contributed by atoms with E-state index in [-0.39, 0.29) is 17.8 Å². The number of nitrogens with two attached hydrogens (primary N) is 1. The van der Waals surface area contributed by atoms with Crippen LogP contribution in [0, 0.1) is 0 Å².